The van der Waals surface area contributed by atoms with Crippen molar-refractivity contribution in [3.8, 4) is 11.3 Å². The number of ketones is 1. The molecular weight excluding hydrogens is 468 g/mol. The molecule has 0 bridgehead atoms. The average Bonchev–Trinajstić information content (AvgIpc) is 3.23. The van der Waals surface area contributed by atoms with Crippen LogP contribution in [-0.2, 0) is 10.5 Å². The summed E-state index contributed by atoms with van der Waals surface area (Å²) < 4.78 is 59.7. The number of nitrogens with one attached hydrogen (secondary N) is 2. The summed E-state index contributed by atoms with van der Waals surface area (Å²) >= 11 is 6.14. The number of carbonyl (C=O) groups excluding carboxylic acids is 2. The summed E-state index contributed by atoms with van der Waals surface area (Å²) in [5.41, 5.74) is -2.70. The molecule has 172 valence electrons. The number of alkyl halides is 3. The lowest BCUT2D eigenvalue weighted by atomic mass is 9.77. The normalized spacial score (nSPS) is 23.0. The smallest absolute Gasteiger partial charge is 0.450 e. The number of urea groups is 1. The first-order valence-electron chi connectivity index (χ1n) is 9.53. The highest BCUT2D eigenvalue weighted by Crippen LogP contribution is 2.44. The van der Waals surface area contributed by atoms with Crippen molar-refractivity contribution in [2.24, 2.45) is 5.92 Å². The van der Waals surface area contributed by atoms with Crippen LogP contribution in [0.4, 0.5) is 22.4 Å². The van der Waals surface area contributed by atoms with Crippen LogP contribution in [-0.4, -0.2) is 23.1 Å². The van der Waals surface area contributed by atoms with Crippen LogP contribution in [0.1, 0.15) is 17.4 Å². The van der Waals surface area contributed by atoms with Crippen LogP contribution in [0, 0.1) is 11.7 Å². The molecule has 2 aromatic carbocycles. The van der Waals surface area contributed by atoms with Crippen LogP contribution in [0.25, 0.3) is 11.3 Å². The Hall–Kier alpha value is -3.37. The molecule has 11 heteroatoms. The molecule has 0 unspecified atom stereocenters. The van der Waals surface area contributed by atoms with Gasteiger partial charge >= 0.3 is 12.2 Å². The van der Waals surface area contributed by atoms with E-state index in [1.807, 2.05) is 5.32 Å². The number of benzene rings is 2. The molecular formula is C22H15ClF4N2O4. The highest BCUT2D eigenvalue weighted by molar-refractivity contribution is 6.33. The van der Waals surface area contributed by atoms with E-state index >= 15 is 0 Å². The van der Waals surface area contributed by atoms with Gasteiger partial charge in [0.15, 0.2) is 5.72 Å². The van der Waals surface area contributed by atoms with Gasteiger partial charge in [-0.2, -0.15) is 13.2 Å². The Morgan fingerprint density at radius 3 is 2.36 bits per heavy atom. The van der Waals surface area contributed by atoms with Crippen LogP contribution in [0.15, 0.2) is 65.1 Å². The van der Waals surface area contributed by atoms with Crippen LogP contribution in [0.3, 0.4) is 0 Å². The largest absolute Gasteiger partial charge is 0.459 e. The van der Waals surface area contributed by atoms with Gasteiger partial charge in [0.1, 0.15) is 29.3 Å². The maximum Gasteiger partial charge on any atom is 0.450 e. The van der Waals surface area contributed by atoms with Crippen molar-refractivity contribution in [1.29, 1.82) is 0 Å². The molecule has 2 amide bonds. The lowest BCUT2D eigenvalue weighted by Gasteiger charge is -2.44. The Morgan fingerprint density at radius 2 is 1.73 bits per heavy atom. The van der Waals surface area contributed by atoms with Crippen molar-refractivity contribution in [3.05, 3.63) is 82.8 Å². The first-order chi connectivity index (χ1) is 15.5. The van der Waals surface area contributed by atoms with Gasteiger partial charge in [-0.25, -0.2) is 9.18 Å². The van der Waals surface area contributed by atoms with E-state index in [-0.39, 0.29) is 17.1 Å². The maximum absolute atomic E-state index is 13.6. The topological polar surface area (TPSA) is 91.6 Å². The zero-order valence-electron chi connectivity index (χ0n) is 16.5. The fourth-order valence-electron chi connectivity index (χ4n) is 3.79. The number of amides is 2. The molecule has 0 aliphatic carbocycles. The number of aliphatic hydroxyl groups is 1. The molecule has 4 rings (SSSR count). The van der Waals surface area contributed by atoms with Crippen molar-refractivity contribution in [3.63, 3.8) is 0 Å². The number of hydrogen-bond acceptors (Lipinski definition) is 4. The third-order valence-corrected chi connectivity index (χ3v) is 5.62. The predicted molar refractivity (Wildman–Crippen MR) is 108 cm³/mol. The Labute approximate surface area is 189 Å². The van der Waals surface area contributed by atoms with Crippen LogP contribution >= 0.6 is 11.6 Å². The van der Waals surface area contributed by atoms with Crippen LogP contribution in [0.2, 0.25) is 5.02 Å². The number of Topliss-reactive ketones (excluding diaryl/α,β-unsaturated/α-hetero) is 1. The fraction of sp³-hybridized carbons (Fsp3) is 0.182. The first-order valence-corrected chi connectivity index (χ1v) is 9.91. The van der Waals surface area contributed by atoms with Gasteiger partial charge in [0.2, 0.25) is 5.78 Å². The zero-order chi connectivity index (χ0) is 24.0. The van der Waals surface area contributed by atoms with Crippen molar-refractivity contribution >= 4 is 23.4 Å². The molecule has 33 heavy (non-hydrogen) atoms. The monoisotopic (exact) mass is 482 g/mol. The van der Waals surface area contributed by atoms with E-state index in [0.29, 0.717) is 10.6 Å². The summed E-state index contributed by atoms with van der Waals surface area (Å²) in [6.07, 6.45) is -5.36. The highest BCUT2D eigenvalue weighted by atomic mass is 35.5. The van der Waals surface area contributed by atoms with Gasteiger partial charge in [0, 0.05) is 11.1 Å². The number of carbonyl (C=O) groups is 2. The van der Waals surface area contributed by atoms with E-state index in [2.05, 4.69) is 5.32 Å². The third-order valence-electron chi connectivity index (χ3n) is 5.29. The Balaban J connectivity index is 1.84. The summed E-state index contributed by atoms with van der Waals surface area (Å²) in [4.78, 5) is 24.8. The van der Waals surface area contributed by atoms with E-state index in [0.717, 1.165) is 24.3 Å². The Bertz CT molecular complexity index is 1210. The number of furan rings is 1. The van der Waals surface area contributed by atoms with E-state index < -0.39 is 41.5 Å². The summed E-state index contributed by atoms with van der Waals surface area (Å²) in [5.74, 6) is -5.39. The molecule has 0 spiro atoms. The molecule has 1 aliphatic rings. The minimum absolute atomic E-state index is 0.173. The average molecular weight is 483 g/mol. The Kier molecular flexibility index (Phi) is 5.67. The standard InChI is InChI=1S/C22H15ClF4N2O4/c23-14-4-2-1-3-13(14)15-9-10-16(33-15)18-17(19(30)22(25,26)27)21(32,29-20(31)28-18)11-5-7-12(24)8-6-11/h1-10,17-18,32H,(H2,28,29,31)/t17-,18-,21-/m1/s1. The van der Waals surface area contributed by atoms with Crippen molar-refractivity contribution < 1.29 is 36.7 Å². The molecule has 3 aromatic rings. The van der Waals surface area contributed by atoms with Crippen LogP contribution < -0.4 is 10.6 Å². The van der Waals surface area contributed by atoms with E-state index in [4.69, 9.17) is 16.0 Å². The molecule has 2 heterocycles. The van der Waals surface area contributed by atoms with Gasteiger partial charge in [-0.3, -0.25) is 4.79 Å². The number of hydrogen-bond donors (Lipinski definition) is 3. The molecule has 1 aliphatic heterocycles. The van der Waals surface area contributed by atoms with Crippen LogP contribution in [0.5, 0.6) is 0 Å². The van der Waals surface area contributed by atoms with Gasteiger partial charge < -0.3 is 20.2 Å². The summed E-state index contributed by atoms with van der Waals surface area (Å²) in [6.45, 7) is 0. The predicted octanol–water partition coefficient (Wildman–Crippen LogP) is 4.69. The first kappa shape index (κ1) is 22.8. The van der Waals surface area contributed by atoms with Crippen molar-refractivity contribution in [2.45, 2.75) is 17.9 Å². The molecule has 0 radical (unpaired) electrons. The van der Waals surface area contributed by atoms with Gasteiger partial charge in [-0.15, -0.1) is 0 Å². The summed E-state index contributed by atoms with van der Waals surface area (Å²) in [6, 6.07) is 10.2. The lowest BCUT2D eigenvalue weighted by molar-refractivity contribution is -0.190. The second kappa shape index (κ2) is 8.20. The SMILES string of the molecule is O=C1N[C@H](c2ccc(-c3ccccc3Cl)o2)[C@H](C(=O)C(F)(F)F)[C@](O)(c2ccc(F)cc2)N1. The molecule has 1 saturated heterocycles. The van der Waals surface area contributed by atoms with E-state index in [1.54, 1.807) is 24.3 Å². The minimum Gasteiger partial charge on any atom is -0.459 e. The number of rotatable bonds is 4. The summed E-state index contributed by atoms with van der Waals surface area (Å²) in [7, 11) is 0. The molecule has 0 saturated carbocycles. The van der Waals surface area contributed by atoms with Crippen molar-refractivity contribution in [2.75, 3.05) is 0 Å². The summed E-state index contributed by atoms with van der Waals surface area (Å²) in [5, 5.41) is 15.7. The van der Waals surface area contributed by atoms with E-state index in [9.17, 15) is 32.3 Å². The van der Waals surface area contributed by atoms with Gasteiger partial charge in [-0.1, -0.05) is 35.9 Å². The van der Waals surface area contributed by atoms with Gasteiger partial charge in [0.25, 0.3) is 0 Å². The van der Waals surface area contributed by atoms with Gasteiger partial charge in [0.05, 0.1) is 5.02 Å². The third kappa shape index (κ3) is 4.19. The molecule has 1 fully saturated rings. The molecule has 3 atom stereocenters. The quantitative estimate of drug-likeness (QED) is 0.471. The molecule has 1 aromatic heterocycles. The molecule has 3 N–H and O–H groups in total. The minimum atomic E-state index is -5.36. The van der Waals surface area contributed by atoms with E-state index in [1.165, 1.54) is 12.1 Å². The maximum atomic E-state index is 13.6. The van der Waals surface area contributed by atoms with Gasteiger partial charge in [-0.05, 0) is 36.4 Å². The van der Waals surface area contributed by atoms with Crippen molar-refractivity contribution in [1.82, 2.24) is 10.6 Å². The Morgan fingerprint density at radius 1 is 1.06 bits per heavy atom. The zero-order valence-corrected chi connectivity index (χ0v) is 17.2. The fourth-order valence-corrected chi connectivity index (χ4v) is 4.02. The highest BCUT2D eigenvalue weighted by Gasteiger charge is 2.60. The lowest BCUT2D eigenvalue weighted by Crippen LogP contribution is -2.66. The second-order valence-corrected chi connectivity index (χ2v) is 7.78. The number of halogens is 5. The molecule has 6 nitrogen and oxygen atoms in total. The second-order valence-electron chi connectivity index (χ2n) is 7.37.